The van der Waals surface area contributed by atoms with Crippen LogP contribution in [0.25, 0.3) is 0 Å². The smallest absolute Gasteiger partial charge is 0.407 e. The Morgan fingerprint density at radius 1 is 0.857 bits per heavy atom. The predicted octanol–water partition coefficient (Wildman–Crippen LogP) is 5.46. The van der Waals surface area contributed by atoms with Crippen LogP contribution in [0.4, 0.5) is 4.79 Å². The second-order valence-electron chi connectivity index (χ2n) is 11.5. The topological polar surface area (TPSA) is 64.6 Å². The van der Waals surface area contributed by atoms with Gasteiger partial charge in [0.05, 0.1) is 12.6 Å². The summed E-state index contributed by atoms with van der Waals surface area (Å²) in [5, 5.41) is 5.15. The third kappa shape index (κ3) is 8.04. The van der Waals surface area contributed by atoms with E-state index in [0.717, 1.165) is 0 Å². The molecule has 1 N–H and O–H groups in total. The number of hydrogen-bond donors (Lipinski definition) is 1. The van der Waals surface area contributed by atoms with Crippen LogP contribution in [-0.2, 0) is 14.0 Å². The van der Waals surface area contributed by atoms with Gasteiger partial charge in [0.2, 0.25) is 0 Å². The van der Waals surface area contributed by atoms with Crippen molar-refractivity contribution >= 4 is 30.6 Å². The van der Waals surface area contributed by atoms with Gasteiger partial charge >= 0.3 is 6.09 Å². The van der Waals surface area contributed by atoms with Gasteiger partial charge < -0.3 is 14.5 Å². The third-order valence-corrected chi connectivity index (χ3v) is 11.0. The zero-order valence-corrected chi connectivity index (χ0v) is 23.7. The lowest BCUT2D eigenvalue weighted by molar-refractivity contribution is -0.122. The van der Waals surface area contributed by atoms with E-state index in [9.17, 15) is 9.59 Å². The van der Waals surface area contributed by atoms with E-state index in [2.05, 4.69) is 50.4 Å². The van der Waals surface area contributed by atoms with E-state index in [1.165, 1.54) is 10.4 Å². The number of Topliss-reactive ketones (excluding diaryl/α,β-unsaturated/α-hetero) is 1. The van der Waals surface area contributed by atoms with Crippen molar-refractivity contribution in [1.82, 2.24) is 5.32 Å². The van der Waals surface area contributed by atoms with Crippen molar-refractivity contribution < 1.29 is 18.8 Å². The van der Waals surface area contributed by atoms with E-state index in [-0.39, 0.29) is 29.4 Å². The lowest BCUT2D eigenvalue weighted by Crippen LogP contribution is -2.67. The minimum Gasteiger partial charge on any atom is -0.444 e. The molecule has 0 radical (unpaired) electrons. The summed E-state index contributed by atoms with van der Waals surface area (Å²) in [6, 6.07) is 20.4. The Hall–Kier alpha value is -2.44. The number of carbonyl (C=O) groups excluding carboxylic acids is 2. The minimum absolute atomic E-state index is 0.0465. The summed E-state index contributed by atoms with van der Waals surface area (Å²) in [5.74, 6) is 0.126. The normalized spacial score (nSPS) is 13.4. The molecule has 1 unspecified atom stereocenters. The van der Waals surface area contributed by atoms with Crippen LogP contribution in [0.3, 0.4) is 0 Å². The maximum Gasteiger partial charge on any atom is 0.407 e. The van der Waals surface area contributed by atoms with Gasteiger partial charge in [-0.15, -0.1) is 0 Å². The number of amides is 1. The Morgan fingerprint density at radius 3 is 1.74 bits per heavy atom. The molecule has 0 heterocycles. The van der Waals surface area contributed by atoms with Gasteiger partial charge in [-0.3, -0.25) is 4.79 Å². The van der Waals surface area contributed by atoms with Gasteiger partial charge in [0.25, 0.3) is 8.32 Å². The zero-order valence-electron chi connectivity index (χ0n) is 22.7. The lowest BCUT2D eigenvalue weighted by Gasteiger charge is -2.43. The number of ether oxygens (including phenoxy) is 1. The molecule has 0 aliphatic rings. The highest BCUT2D eigenvalue weighted by molar-refractivity contribution is 6.99. The highest BCUT2D eigenvalue weighted by atomic mass is 28.4. The van der Waals surface area contributed by atoms with Gasteiger partial charge in [0.15, 0.2) is 0 Å². The zero-order chi connectivity index (χ0) is 26.3. The first-order chi connectivity index (χ1) is 16.3. The van der Waals surface area contributed by atoms with E-state index in [4.69, 9.17) is 9.16 Å². The minimum atomic E-state index is -2.77. The largest absolute Gasteiger partial charge is 0.444 e. The summed E-state index contributed by atoms with van der Waals surface area (Å²) < 4.78 is 12.5. The number of nitrogens with one attached hydrogen (secondary N) is 1. The number of rotatable bonds is 10. The quantitative estimate of drug-likeness (QED) is 0.443. The summed E-state index contributed by atoms with van der Waals surface area (Å²) in [4.78, 5) is 25.0. The second kappa shape index (κ2) is 12.0. The molecule has 0 aliphatic carbocycles. The molecule has 0 saturated heterocycles. The molecule has 6 heteroatoms. The van der Waals surface area contributed by atoms with Crippen LogP contribution >= 0.6 is 0 Å². The first kappa shape index (κ1) is 28.8. The first-order valence-electron chi connectivity index (χ1n) is 12.5. The van der Waals surface area contributed by atoms with Gasteiger partial charge in [-0.05, 0) is 42.6 Å². The molecule has 1 amide bonds. The molecule has 2 rings (SSSR count). The fraction of sp³-hybridized carbons (Fsp3) is 0.517. The molecule has 0 fully saturated rings. The van der Waals surface area contributed by atoms with Gasteiger partial charge in [0, 0.05) is 12.3 Å². The summed E-state index contributed by atoms with van der Waals surface area (Å²) in [6.45, 7) is 16.3. The molecule has 2 aromatic rings. The molecule has 0 spiro atoms. The maximum atomic E-state index is 12.6. The van der Waals surface area contributed by atoms with Crippen LogP contribution < -0.4 is 15.7 Å². The fourth-order valence-electron chi connectivity index (χ4n) is 4.26. The Morgan fingerprint density at radius 2 is 1.34 bits per heavy atom. The number of ketones is 1. The van der Waals surface area contributed by atoms with Crippen molar-refractivity contribution in [2.75, 3.05) is 6.61 Å². The Labute approximate surface area is 212 Å². The Balaban J connectivity index is 2.42. The second-order valence-corrected chi connectivity index (χ2v) is 15.8. The van der Waals surface area contributed by atoms with Gasteiger partial charge in [-0.2, -0.15) is 0 Å². The lowest BCUT2D eigenvalue weighted by atomic mass is 10.0. The van der Waals surface area contributed by atoms with Crippen LogP contribution in [0.2, 0.25) is 5.04 Å². The van der Waals surface area contributed by atoms with Crippen LogP contribution in [-0.4, -0.2) is 38.4 Å². The number of hydrogen-bond acceptors (Lipinski definition) is 4. The third-order valence-electron chi connectivity index (χ3n) is 6.02. The standard InChI is InChI=1S/C29H43NO4Si/c1-22(2)26(31)20-19-23(30-27(32)34-28(3,4)5)21-33-35(29(6,7)8,24-15-11-9-12-16-24)25-17-13-10-14-18-25/h9-18,22-23H,19-21H2,1-8H3,(H,30,32). The van der Waals surface area contributed by atoms with Crippen molar-refractivity contribution in [3.63, 3.8) is 0 Å². The van der Waals surface area contributed by atoms with E-state index >= 15 is 0 Å². The summed E-state index contributed by atoms with van der Waals surface area (Å²) >= 11 is 0. The molecule has 0 bridgehead atoms. The predicted molar refractivity (Wildman–Crippen MR) is 146 cm³/mol. The summed E-state index contributed by atoms with van der Waals surface area (Å²) in [6.07, 6.45) is 0.377. The molecule has 0 aliphatic heterocycles. The molecule has 192 valence electrons. The highest BCUT2D eigenvalue weighted by Gasteiger charge is 2.50. The maximum absolute atomic E-state index is 12.6. The van der Waals surface area contributed by atoms with Crippen molar-refractivity contribution in [2.24, 2.45) is 5.92 Å². The fourth-order valence-corrected chi connectivity index (χ4v) is 8.87. The molecular formula is C29H43NO4Si. The van der Waals surface area contributed by atoms with Gasteiger partial charge in [0.1, 0.15) is 11.4 Å². The van der Waals surface area contributed by atoms with E-state index < -0.39 is 20.0 Å². The van der Waals surface area contributed by atoms with Crippen molar-refractivity contribution in [3.05, 3.63) is 60.7 Å². The summed E-state index contributed by atoms with van der Waals surface area (Å²) in [7, 11) is -2.77. The van der Waals surface area contributed by atoms with Crippen LogP contribution in [0.1, 0.15) is 68.2 Å². The number of benzene rings is 2. The average molecular weight is 498 g/mol. The first-order valence-corrected chi connectivity index (χ1v) is 14.4. The van der Waals surface area contributed by atoms with Gasteiger partial charge in [-0.25, -0.2) is 4.79 Å². The van der Waals surface area contributed by atoms with Crippen molar-refractivity contribution in [2.45, 2.75) is 84.9 Å². The van der Waals surface area contributed by atoms with Crippen LogP contribution in [0, 0.1) is 5.92 Å². The average Bonchev–Trinajstić information content (AvgIpc) is 2.76. The molecule has 35 heavy (non-hydrogen) atoms. The summed E-state index contributed by atoms with van der Waals surface area (Å²) in [5.41, 5.74) is -0.610. The van der Waals surface area contributed by atoms with Gasteiger partial charge in [-0.1, -0.05) is 95.3 Å². The number of carbonyl (C=O) groups is 2. The molecular weight excluding hydrogens is 454 g/mol. The SMILES string of the molecule is CC(C)C(=O)CCC(CO[Si](c1ccccc1)(c1ccccc1)C(C)(C)C)NC(=O)OC(C)(C)C. The Kier molecular flexibility index (Phi) is 9.87. The molecule has 0 aromatic heterocycles. The number of alkyl carbamates (subject to hydrolysis) is 1. The van der Waals surface area contributed by atoms with E-state index in [1.54, 1.807) is 0 Å². The van der Waals surface area contributed by atoms with Crippen molar-refractivity contribution in [1.29, 1.82) is 0 Å². The molecule has 1 atom stereocenters. The van der Waals surface area contributed by atoms with Crippen molar-refractivity contribution in [3.8, 4) is 0 Å². The molecule has 0 saturated carbocycles. The monoisotopic (exact) mass is 497 g/mol. The van der Waals surface area contributed by atoms with Crippen LogP contribution in [0.5, 0.6) is 0 Å². The molecule has 2 aromatic carbocycles. The Bertz CT molecular complexity index is 907. The highest BCUT2D eigenvalue weighted by Crippen LogP contribution is 2.37. The van der Waals surface area contributed by atoms with E-state index in [0.29, 0.717) is 12.8 Å². The van der Waals surface area contributed by atoms with Crippen LogP contribution in [0.15, 0.2) is 60.7 Å². The van der Waals surface area contributed by atoms with E-state index in [1.807, 2.05) is 71.0 Å². The molecule has 5 nitrogen and oxygen atoms in total.